The lowest BCUT2D eigenvalue weighted by Crippen LogP contribution is -1.90. The van der Waals surface area contributed by atoms with Gasteiger partial charge >= 0.3 is 0 Å². The SMILES string of the molecule is Cc1ccc(-c2cc(C)ccn2)nc1.Cc1ccc(-c2ccc(C)cn2)nc1.Cc1ccc(-c2ccc(C)nc2)cn1.Cc1ccc(-c2cncc(C)c2)nc1.Cc1cccc(-c2cccc(C)c2)c1.Cc1cccc(-c2cccc(C)n2)n1.Cc1ccccc1-c1ccccc1C.Cc1ncccc1-c1cccnc1C. The second-order valence-corrected chi connectivity index (χ2v) is 27.7. The highest BCUT2D eigenvalue weighted by Gasteiger charge is 2.08. The molecule has 0 bridgehead atoms. The standard InChI is InChI=1S/2C14H14.6C12H12N2/c1-11-5-3-7-13(9-11)14-8-4-6-12(2)10-14;1-11-7-3-5-9-13(11)14-10-6-4-8-12(14)2;1-9-3-5-11(7-13-9)12-6-4-10(2)14-8-12;1-9-3-5-11(13-7-9)12-6-4-10(2)8-14-12;1-9-11(5-3-7-13-9)12-6-4-8-14-10(12)2;1-9-5-3-7-11(13-9)12-8-4-6-10(2)14-12;1-9-3-4-12(14-7-9)11-5-10(2)6-13-8-11;1-9-5-6-13-12(7-9)11-4-3-10(2)8-14-11/h2*3-10H,1-2H3;6*3-8H,1-2H3. The Hall–Kier alpha value is -13.3. The van der Waals surface area contributed by atoms with Gasteiger partial charge in [-0.15, -0.1) is 0 Å². The average molecular weight is 1470 g/mol. The second-order valence-electron chi connectivity index (χ2n) is 27.7. The van der Waals surface area contributed by atoms with E-state index in [4.69, 9.17) is 0 Å². The van der Waals surface area contributed by atoms with Crippen LogP contribution in [0.15, 0.2) is 317 Å². The fraction of sp³-hybridized carbons (Fsp3) is 0.160. The van der Waals surface area contributed by atoms with Crippen LogP contribution in [-0.4, -0.2) is 59.8 Å². The van der Waals surface area contributed by atoms with E-state index >= 15 is 0 Å². The van der Waals surface area contributed by atoms with Crippen molar-refractivity contribution in [2.75, 3.05) is 0 Å². The van der Waals surface area contributed by atoms with Gasteiger partial charge in [-0.3, -0.25) is 59.8 Å². The van der Waals surface area contributed by atoms with E-state index in [0.717, 1.165) is 107 Å². The van der Waals surface area contributed by atoms with Crippen LogP contribution in [-0.2, 0) is 0 Å². The maximum absolute atomic E-state index is 4.42. The summed E-state index contributed by atoms with van der Waals surface area (Å²) in [5.74, 6) is 0. The molecule has 0 atom stereocenters. The normalized spacial score (nSPS) is 10.1. The van der Waals surface area contributed by atoms with Gasteiger partial charge in [-0.25, -0.2) is 0 Å². The minimum absolute atomic E-state index is 0.926. The third kappa shape index (κ3) is 26.5. The number of pyridine rings is 12. The molecule has 12 aromatic heterocycles. The van der Waals surface area contributed by atoms with Crippen molar-refractivity contribution in [2.24, 2.45) is 0 Å². The van der Waals surface area contributed by atoms with Crippen LogP contribution >= 0.6 is 0 Å². The molecule has 0 aliphatic rings. The number of rotatable bonds is 8. The van der Waals surface area contributed by atoms with E-state index in [1.165, 1.54) is 72.3 Å². The second kappa shape index (κ2) is 42.4. The summed E-state index contributed by atoms with van der Waals surface area (Å²) in [6.45, 7) is 32.7. The molecule has 560 valence electrons. The highest BCUT2D eigenvalue weighted by Crippen LogP contribution is 2.28. The van der Waals surface area contributed by atoms with E-state index in [0.29, 0.717) is 0 Å². The Kier molecular flexibility index (Phi) is 31.3. The first-order valence-electron chi connectivity index (χ1n) is 37.5. The van der Waals surface area contributed by atoms with Gasteiger partial charge in [0, 0.05) is 130 Å². The molecular weight excluding hydrogens is 1370 g/mol. The summed E-state index contributed by atoms with van der Waals surface area (Å²) in [5.41, 5.74) is 36.0. The lowest BCUT2D eigenvalue weighted by Gasteiger charge is -2.08. The average Bonchev–Trinajstić information content (AvgIpc) is 0.823. The number of hydrogen-bond donors (Lipinski definition) is 0. The maximum atomic E-state index is 4.42. The van der Waals surface area contributed by atoms with Crippen molar-refractivity contribution >= 4 is 0 Å². The lowest BCUT2D eigenvalue weighted by atomic mass is 9.97. The van der Waals surface area contributed by atoms with Gasteiger partial charge in [0.25, 0.3) is 0 Å². The van der Waals surface area contributed by atoms with Crippen molar-refractivity contribution in [3.8, 4) is 89.9 Å². The molecule has 0 spiro atoms. The van der Waals surface area contributed by atoms with Crippen molar-refractivity contribution in [3.05, 3.63) is 407 Å². The maximum Gasteiger partial charge on any atom is 0.0889 e. The minimum Gasteiger partial charge on any atom is -0.264 e. The summed E-state index contributed by atoms with van der Waals surface area (Å²) in [6.07, 6.45) is 20.3. The van der Waals surface area contributed by atoms with E-state index in [2.05, 4.69) is 228 Å². The van der Waals surface area contributed by atoms with E-state index in [1.54, 1.807) is 0 Å². The predicted molar refractivity (Wildman–Crippen MR) is 464 cm³/mol. The molecule has 0 radical (unpaired) electrons. The summed E-state index contributed by atoms with van der Waals surface area (Å²) < 4.78 is 0. The van der Waals surface area contributed by atoms with Crippen LogP contribution in [0.1, 0.15) is 89.8 Å². The molecular formula is C100H100N12. The Morgan fingerprint density at radius 3 is 0.938 bits per heavy atom. The number of aryl methyl sites for hydroxylation is 16. The highest BCUT2D eigenvalue weighted by molar-refractivity contribution is 5.71. The molecule has 16 rings (SSSR count). The number of aromatic nitrogens is 12. The van der Waals surface area contributed by atoms with Crippen molar-refractivity contribution in [1.82, 2.24) is 59.8 Å². The molecule has 12 nitrogen and oxygen atoms in total. The molecule has 4 aromatic carbocycles. The molecule has 0 unspecified atom stereocenters. The topological polar surface area (TPSA) is 155 Å². The summed E-state index contributed by atoms with van der Waals surface area (Å²) in [7, 11) is 0. The molecule has 12 heteroatoms. The number of nitrogens with zero attached hydrogens (tertiary/aromatic N) is 12. The zero-order chi connectivity index (χ0) is 79.7. The molecule has 0 aliphatic heterocycles. The fourth-order valence-corrected chi connectivity index (χ4v) is 11.5. The van der Waals surface area contributed by atoms with Gasteiger partial charge < -0.3 is 0 Å². The predicted octanol–water partition coefficient (Wildman–Crippen LogP) is 24.5. The first-order valence-corrected chi connectivity index (χ1v) is 37.5. The zero-order valence-corrected chi connectivity index (χ0v) is 67.4. The van der Waals surface area contributed by atoms with E-state index in [-0.39, 0.29) is 0 Å². The summed E-state index contributed by atoms with van der Waals surface area (Å²) in [4.78, 5) is 51.6. The highest BCUT2D eigenvalue weighted by atomic mass is 14.8. The van der Waals surface area contributed by atoms with Gasteiger partial charge in [0.15, 0.2) is 0 Å². The smallest absolute Gasteiger partial charge is 0.0889 e. The Labute approximate surface area is 663 Å². The third-order valence-electron chi connectivity index (χ3n) is 17.7. The quantitative estimate of drug-likeness (QED) is 0.142. The van der Waals surface area contributed by atoms with Crippen LogP contribution < -0.4 is 0 Å². The third-order valence-corrected chi connectivity index (χ3v) is 17.7. The van der Waals surface area contributed by atoms with Crippen molar-refractivity contribution in [1.29, 1.82) is 0 Å². The first-order chi connectivity index (χ1) is 54.1. The van der Waals surface area contributed by atoms with Gasteiger partial charge in [-0.2, -0.15) is 0 Å². The van der Waals surface area contributed by atoms with E-state index in [9.17, 15) is 0 Å². The molecule has 0 fully saturated rings. The van der Waals surface area contributed by atoms with Crippen LogP contribution in [0.5, 0.6) is 0 Å². The zero-order valence-electron chi connectivity index (χ0n) is 67.4. The number of hydrogen-bond acceptors (Lipinski definition) is 12. The lowest BCUT2D eigenvalue weighted by molar-refractivity contribution is 1.15. The fourth-order valence-electron chi connectivity index (χ4n) is 11.5. The van der Waals surface area contributed by atoms with Gasteiger partial charge in [0.1, 0.15) is 0 Å². The van der Waals surface area contributed by atoms with Gasteiger partial charge in [-0.1, -0.05) is 169 Å². The van der Waals surface area contributed by atoms with Crippen LogP contribution in [0, 0.1) is 111 Å². The van der Waals surface area contributed by atoms with Gasteiger partial charge in [0.05, 0.1) is 39.9 Å². The molecule has 0 aliphatic carbocycles. The Balaban J connectivity index is 0.000000147. The van der Waals surface area contributed by atoms with Crippen LogP contribution in [0.4, 0.5) is 0 Å². The molecule has 0 N–H and O–H groups in total. The van der Waals surface area contributed by atoms with Crippen LogP contribution in [0.2, 0.25) is 0 Å². The van der Waals surface area contributed by atoms with E-state index < -0.39 is 0 Å². The van der Waals surface area contributed by atoms with Crippen LogP contribution in [0.3, 0.4) is 0 Å². The Bertz CT molecular complexity index is 4960. The van der Waals surface area contributed by atoms with Gasteiger partial charge in [0.2, 0.25) is 0 Å². The number of benzene rings is 4. The molecule has 0 amide bonds. The van der Waals surface area contributed by atoms with E-state index in [1.807, 2.05) is 260 Å². The van der Waals surface area contributed by atoms with Crippen LogP contribution in [0.25, 0.3) is 89.9 Å². The first kappa shape index (κ1) is 82.7. The minimum atomic E-state index is 0.926. The molecule has 16 aromatic rings. The molecule has 0 saturated carbocycles. The molecule has 0 saturated heterocycles. The van der Waals surface area contributed by atoms with Crippen molar-refractivity contribution < 1.29 is 0 Å². The van der Waals surface area contributed by atoms with Crippen molar-refractivity contribution in [3.63, 3.8) is 0 Å². The summed E-state index contributed by atoms with van der Waals surface area (Å²) in [6, 6.07) is 84.7. The summed E-state index contributed by atoms with van der Waals surface area (Å²) in [5, 5.41) is 0. The van der Waals surface area contributed by atoms with Crippen molar-refractivity contribution in [2.45, 2.75) is 111 Å². The summed E-state index contributed by atoms with van der Waals surface area (Å²) >= 11 is 0. The molecule has 112 heavy (non-hydrogen) atoms. The monoisotopic (exact) mass is 1470 g/mol. The Morgan fingerprint density at radius 2 is 0.571 bits per heavy atom. The largest absolute Gasteiger partial charge is 0.264 e. The van der Waals surface area contributed by atoms with Gasteiger partial charge in [-0.05, 0) is 269 Å². The Morgan fingerprint density at radius 1 is 0.179 bits per heavy atom. The molecule has 12 heterocycles.